The number of nitrogens with zero attached hydrogens (tertiary/aromatic N) is 4. The zero-order valence-corrected chi connectivity index (χ0v) is 22.9. The molecule has 0 aliphatic heterocycles. The van der Waals surface area contributed by atoms with E-state index >= 15 is 0 Å². The summed E-state index contributed by atoms with van der Waals surface area (Å²) in [5.74, 6) is -0.118. The first-order valence-electron chi connectivity index (χ1n) is 12.0. The number of carbonyl (C=O) groups excluding carboxylic acids is 1. The molecule has 1 aromatic carbocycles. The van der Waals surface area contributed by atoms with Gasteiger partial charge in [-0.3, -0.25) is 9.36 Å². The van der Waals surface area contributed by atoms with Gasteiger partial charge in [0.2, 0.25) is 0 Å². The fourth-order valence-electron chi connectivity index (χ4n) is 3.01. The van der Waals surface area contributed by atoms with Crippen LogP contribution in [0, 0.1) is 0 Å². The van der Waals surface area contributed by atoms with E-state index in [1.807, 2.05) is 6.07 Å². The Morgan fingerprint density at radius 2 is 1.94 bits per heavy atom. The Hall–Kier alpha value is -2.60. The van der Waals surface area contributed by atoms with Crippen molar-refractivity contribution in [3.63, 3.8) is 0 Å². The first kappa shape index (κ1) is 26.5. The molecule has 0 radical (unpaired) electrons. The van der Waals surface area contributed by atoms with Crippen molar-refractivity contribution in [1.82, 2.24) is 19.5 Å². The Morgan fingerprint density at radius 1 is 1.22 bits per heavy atom. The van der Waals surface area contributed by atoms with Crippen molar-refractivity contribution < 1.29 is 29.3 Å². The summed E-state index contributed by atoms with van der Waals surface area (Å²) >= 11 is 0. The molecule has 194 valence electrons. The largest absolute Gasteiger partial charge is 0.566 e. The van der Waals surface area contributed by atoms with E-state index in [-0.39, 0.29) is 36.9 Å². The van der Waals surface area contributed by atoms with Gasteiger partial charge in [-0.1, -0.05) is 39.0 Å². The maximum atomic E-state index is 12.7. The highest BCUT2D eigenvalue weighted by atomic mass is 31.1. The summed E-state index contributed by atoms with van der Waals surface area (Å²) in [4.78, 5) is 36.5. The van der Waals surface area contributed by atoms with Gasteiger partial charge in [0.05, 0.1) is 19.0 Å². The molecule has 1 N–H and O–H groups in total. The first-order chi connectivity index (χ1) is 17.4. The molecule has 0 bridgehead atoms. The monoisotopic (exact) mass is 534 g/mol. The van der Waals surface area contributed by atoms with Crippen LogP contribution in [0.3, 0.4) is 0 Å². The zero-order valence-electron chi connectivity index (χ0n) is 22.0. The SMILES string of the molecule is [2H]C[C@H](CO[P+](=O)[O-])O[C@H](CO[Si](C)(C)C(C)(C)C)n1cnc2c(NC(=O)c3ccccc3)ncnc21. The van der Waals surface area contributed by atoms with Gasteiger partial charge in [-0.2, -0.15) is 0 Å². The average Bonchev–Trinajstić information content (AvgIpc) is 3.28. The molecule has 0 aliphatic rings. The number of benzene rings is 1. The Balaban J connectivity index is 1.92. The Kier molecular flexibility index (Phi) is 8.55. The summed E-state index contributed by atoms with van der Waals surface area (Å²) in [6.45, 7) is 10.1. The number of nitrogens with one attached hydrogen (secondary N) is 1. The highest BCUT2D eigenvalue weighted by molar-refractivity contribution is 7.30. The van der Waals surface area contributed by atoms with Crippen molar-refractivity contribution >= 4 is 39.5 Å². The van der Waals surface area contributed by atoms with Crippen LogP contribution in [0.4, 0.5) is 5.82 Å². The van der Waals surface area contributed by atoms with Crippen LogP contribution in [0.15, 0.2) is 43.0 Å². The summed E-state index contributed by atoms with van der Waals surface area (Å²) in [5, 5.41) is 2.70. The molecule has 3 aromatic rings. The minimum Gasteiger partial charge on any atom is -0.566 e. The van der Waals surface area contributed by atoms with Gasteiger partial charge in [-0.15, -0.1) is 4.52 Å². The van der Waals surface area contributed by atoms with Gasteiger partial charge in [-0.05, 0) is 41.7 Å². The number of ether oxygens (including phenoxy) is 1. The summed E-state index contributed by atoms with van der Waals surface area (Å²) in [5.41, 5.74) is 1.18. The van der Waals surface area contributed by atoms with E-state index in [1.165, 1.54) is 12.7 Å². The van der Waals surface area contributed by atoms with Crippen molar-refractivity contribution in [2.24, 2.45) is 0 Å². The molecule has 0 fully saturated rings. The lowest BCUT2D eigenvalue weighted by molar-refractivity contribution is -0.189. The molecule has 13 heteroatoms. The van der Waals surface area contributed by atoms with Crippen molar-refractivity contribution in [3.8, 4) is 0 Å². The summed E-state index contributed by atoms with van der Waals surface area (Å²) in [6.07, 6.45) is 1.15. The molecule has 3 atom stereocenters. The van der Waals surface area contributed by atoms with Gasteiger partial charge in [0.25, 0.3) is 5.91 Å². The van der Waals surface area contributed by atoms with Gasteiger partial charge in [0.1, 0.15) is 12.9 Å². The highest BCUT2D eigenvalue weighted by Crippen LogP contribution is 2.37. The van der Waals surface area contributed by atoms with Crippen molar-refractivity contribution in [1.29, 1.82) is 0 Å². The van der Waals surface area contributed by atoms with E-state index in [0.717, 1.165) is 0 Å². The molecule has 1 unspecified atom stereocenters. The van der Waals surface area contributed by atoms with Crippen molar-refractivity contribution in [3.05, 3.63) is 48.5 Å². The molecule has 3 rings (SSSR count). The number of fused-ring (bicyclic) bond motifs is 1. The molecule has 36 heavy (non-hydrogen) atoms. The number of hydrogen-bond donors (Lipinski definition) is 1. The van der Waals surface area contributed by atoms with Crippen LogP contribution in [0.2, 0.25) is 18.1 Å². The maximum absolute atomic E-state index is 12.7. The minimum atomic E-state index is -3.08. The molecule has 0 spiro atoms. The van der Waals surface area contributed by atoms with E-state index < -0.39 is 28.9 Å². The molecule has 0 saturated heterocycles. The number of carbonyl (C=O) groups is 1. The number of hydrogen-bond acceptors (Lipinski definition) is 9. The van der Waals surface area contributed by atoms with Crippen LogP contribution in [0.25, 0.3) is 11.2 Å². The molecule has 2 heterocycles. The maximum Gasteiger partial charge on any atom is 0.488 e. The predicted molar refractivity (Wildman–Crippen MR) is 136 cm³/mol. The Labute approximate surface area is 213 Å². The Bertz CT molecular complexity index is 1220. The van der Waals surface area contributed by atoms with E-state index in [2.05, 4.69) is 58.7 Å². The summed E-state index contributed by atoms with van der Waals surface area (Å²) in [7, 11) is -5.27. The normalized spacial score (nSPS) is 14.8. The topological polar surface area (TPSA) is 141 Å². The molecule has 11 nitrogen and oxygen atoms in total. The molecular weight excluding hydrogens is 501 g/mol. The minimum absolute atomic E-state index is 0.0650. The van der Waals surface area contributed by atoms with E-state index in [1.54, 1.807) is 28.8 Å². The van der Waals surface area contributed by atoms with E-state index in [4.69, 9.17) is 10.5 Å². The second kappa shape index (κ2) is 11.6. The lowest BCUT2D eigenvalue weighted by Gasteiger charge is -2.37. The van der Waals surface area contributed by atoms with Crippen LogP contribution >= 0.6 is 8.25 Å². The van der Waals surface area contributed by atoms with Crippen LogP contribution in [-0.2, 0) is 18.3 Å². The van der Waals surface area contributed by atoms with Crippen molar-refractivity contribution in [2.75, 3.05) is 18.5 Å². The van der Waals surface area contributed by atoms with Crippen molar-refractivity contribution in [2.45, 2.75) is 58.1 Å². The zero-order chi connectivity index (χ0) is 27.2. The van der Waals surface area contributed by atoms with Gasteiger partial charge in [0.15, 0.2) is 31.5 Å². The van der Waals surface area contributed by atoms with E-state index in [9.17, 15) is 14.3 Å². The van der Waals surface area contributed by atoms with Crippen LogP contribution in [0.5, 0.6) is 0 Å². The van der Waals surface area contributed by atoms with Crippen LogP contribution in [0.1, 0.15) is 45.6 Å². The van der Waals surface area contributed by atoms with Crippen LogP contribution in [-0.4, -0.2) is 53.1 Å². The lowest BCUT2D eigenvalue weighted by Crippen LogP contribution is -2.42. The number of aromatic nitrogens is 4. The third kappa shape index (κ3) is 7.00. The molecule has 0 saturated carbocycles. The van der Waals surface area contributed by atoms with Gasteiger partial charge >= 0.3 is 8.25 Å². The number of anilines is 1. The van der Waals surface area contributed by atoms with E-state index in [0.29, 0.717) is 16.7 Å². The standard InChI is InChI=1S/C23H32N5O6PSi/c1-16(12-32-35(30)31)34-18(13-33-36(5,6)23(2,3)4)28-15-26-19-20(24-14-25-21(19)28)27-22(29)17-10-8-7-9-11-17/h7-11,14-16,18H,12-13H2,1-6H3,(H,24,25,27,29)/t16-,18-/m1/s1/i1D. The highest BCUT2D eigenvalue weighted by Gasteiger charge is 2.38. The quantitative estimate of drug-likeness (QED) is 0.285. The third-order valence-electron chi connectivity index (χ3n) is 6.05. The fourth-order valence-corrected chi connectivity index (χ4v) is 4.29. The van der Waals surface area contributed by atoms with Gasteiger partial charge in [-0.25, -0.2) is 15.0 Å². The van der Waals surface area contributed by atoms with Crippen LogP contribution < -0.4 is 10.2 Å². The smallest absolute Gasteiger partial charge is 0.488 e. The fraction of sp³-hybridized carbons (Fsp3) is 0.478. The average molecular weight is 535 g/mol. The second-order valence-electron chi connectivity index (χ2n) is 9.67. The molecule has 2 aromatic heterocycles. The number of amides is 1. The molecule has 1 amide bonds. The second-order valence-corrected chi connectivity index (χ2v) is 15.2. The van der Waals surface area contributed by atoms with Gasteiger partial charge in [0, 0.05) is 6.93 Å². The predicted octanol–water partition coefficient (Wildman–Crippen LogP) is 4.04. The molecular formula is C23H32N5O6PSi. The molecule has 0 aliphatic carbocycles. The summed E-state index contributed by atoms with van der Waals surface area (Å²) < 4.78 is 37.5. The number of rotatable bonds is 11. The lowest BCUT2D eigenvalue weighted by atomic mass is 10.2. The third-order valence-corrected chi connectivity index (χ3v) is 10.9. The number of imidazole rings is 1. The first-order valence-corrected chi connectivity index (χ1v) is 15.3. The summed E-state index contributed by atoms with van der Waals surface area (Å²) in [6, 6.07) is 8.72. The van der Waals surface area contributed by atoms with Gasteiger partial charge < -0.3 is 19.4 Å². The Morgan fingerprint density at radius 3 is 2.58 bits per heavy atom.